The maximum atomic E-state index is 12.7. The molecule has 0 atom stereocenters. The highest BCUT2D eigenvalue weighted by Gasteiger charge is 2.23. The average Bonchev–Trinajstić information content (AvgIpc) is 2.74. The Kier molecular flexibility index (Phi) is 6.76. The van der Waals surface area contributed by atoms with Crippen molar-refractivity contribution in [2.24, 2.45) is 0 Å². The molecule has 3 rings (SSSR count). The first-order valence-electron chi connectivity index (χ1n) is 9.51. The van der Waals surface area contributed by atoms with Crippen molar-refractivity contribution in [1.29, 1.82) is 0 Å². The van der Waals surface area contributed by atoms with E-state index in [4.69, 9.17) is 14.2 Å². The molecule has 28 heavy (non-hydrogen) atoms. The minimum Gasteiger partial charge on any atom is -0.497 e. The van der Waals surface area contributed by atoms with Gasteiger partial charge in [-0.05, 0) is 31.0 Å². The summed E-state index contributed by atoms with van der Waals surface area (Å²) in [6, 6.07) is 13.5. The molecule has 0 unspecified atom stereocenters. The van der Waals surface area contributed by atoms with E-state index in [1.165, 1.54) is 5.56 Å². The molecule has 1 aliphatic rings. The lowest BCUT2D eigenvalue weighted by atomic mass is 10.0. The Morgan fingerprint density at radius 1 is 1.00 bits per heavy atom. The molecular weight excluding hydrogens is 356 g/mol. The minimum absolute atomic E-state index is 0.109. The summed E-state index contributed by atoms with van der Waals surface area (Å²) in [5, 5.41) is 3.14. The van der Waals surface area contributed by atoms with Gasteiger partial charge in [-0.1, -0.05) is 18.2 Å². The number of amides is 1. The summed E-state index contributed by atoms with van der Waals surface area (Å²) < 4.78 is 16.0. The van der Waals surface area contributed by atoms with E-state index in [1.807, 2.05) is 18.2 Å². The van der Waals surface area contributed by atoms with Gasteiger partial charge < -0.3 is 19.5 Å². The van der Waals surface area contributed by atoms with Crippen molar-refractivity contribution in [2.45, 2.75) is 25.4 Å². The zero-order valence-electron chi connectivity index (χ0n) is 16.7. The van der Waals surface area contributed by atoms with Gasteiger partial charge in [-0.2, -0.15) is 0 Å². The topological polar surface area (TPSA) is 60.0 Å². The highest BCUT2D eigenvalue weighted by Crippen LogP contribution is 2.25. The van der Waals surface area contributed by atoms with E-state index < -0.39 is 0 Å². The van der Waals surface area contributed by atoms with Gasteiger partial charge in [-0.25, -0.2) is 0 Å². The van der Waals surface area contributed by atoms with E-state index in [0.717, 1.165) is 38.2 Å². The fourth-order valence-electron chi connectivity index (χ4n) is 3.56. The largest absolute Gasteiger partial charge is 0.497 e. The number of para-hydroxylation sites is 1. The van der Waals surface area contributed by atoms with Gasteiger partial charge in [-0.3, -0.25) is 9.69 Å². The molecule has 6 heteroatoms. The van der Waals surface area contributed by atoms with Crippen LogP contribution in [0.4, 0.5) is 0 Å². The predicted octanol–water partition coefficient (Wildman–Crippen LogP) is 3.11. The number of carbonyl (C=O) groups is 1. The lowest BCUT2D eigenvalue weighted by Crippen LogP contribution is -2.44. The smallest absolute Gasteiger partial charge is 0.255 e. The second-order valence-corrected chi connectivity index (χ2v) is 6.90. The third-order valence-corrected chi connectivity index (χ3v) is 5.16. The molecule has 6 nitrogen and oxygen atoms in total. The number of piperidine rings is 1. The van der Waals surface area contributed by atoms with Crippen molar-refractivity contribution < 1.29 is 19.0 Å². The minimum atomic E-state index is -0.109. The van der Waals surface area contributed by atoms with Crippen LogP contribution < -0.4 is 19.5 Å². The van der Waals surface area contributed by atoms with Gasteiger partial charge >= 0.3 is 0 Å². The van der Waals surface area contributed by atoms with Gasteiger partial charge in [0.25, 0.3) is 5.91 Å². The van der Waals surface area contributed by atoms with Crippen LogP contribution in [0.15, 0.2) is 42.5 Å². The highest BCUT2D eigenvalue weighted by atomic mass is 16.5. The van der Waals surface area contributed by atoms with Gasteiger partial charge in [0.1, 0.15) is 17.2 Å². The van der Waals surface area contributed by atoms with Crippen LogP contribution in [0.25, 0.3) is 0 Å². The van der Waals surface area contributed by atoms with Gasteiger partial charge in [-0.15, -0.1) is 0 Å². The number of ether oxygens (including phenoxy) is 3. The normalized spacial score (nSPS) is 15.1. The number of nitrogens with one attached hydrogen (secondary N) is 1. The summed E-state index contributed by atoms with van der Waals surface area (Å²) in [4.78, 5) is 15.1. The highest BCUT2D eigenvalue weighted by molar-refractivity contribution is 5.97. The zero-order valence-corrected chi connectivity index (χ0v) is 16.7. The summed E-state index contributed by atoms with van der Waals surface area (Å²) in [6.45, 7) is 2.72. The molecule has 1 aliphatic heterocycles. The van der Waals surface area contributed by atoms with Crippen molar-refractivity contribution in [3.63, 3.8) is 0 Å². The summed E-state index contributed by atoms with van der Waals surface area (Å²) in [6.07, 6.45) is 1.83. The molecule has 0 aliphatic carbocycles. The second-order valence-electron chi connectivity index (χ2n) is 6.90. The van der Waals surface area contributed by atoms with Gasteiger partial charge in [0, 0.05) is 37.3 Å². The molecule has 0 bridgehead atoms. The maximum Gasteiger partial charge on any atom is 0.255 e. The molecule has 1 saturated heterocycles. The average molecular weight is 384 g/mol. The lowest BCUT2D eigenvalue weighted by Gasteiger charge is -2.32. The second kappa shape index (κ2) is 9.46. The molecule has 1 fully saturated rings. The first kappa shape index (κ1) is 20.0. The summed E-state index contributed by atoms with van der Waals surface area (Å²) in [5.74, 6) is 2.00. The van der Waals surface area contributed by atoms with Crippen molar-refractivity contribution in [2.75, 3.05) is 34.4 Å². The summed E-state index contributed by atoms with van der Waals surface area (Å²) in [7, 11) is 4.85. The van der Waals surface area contributed by atoms with Crippen LogP contribution in [0, 0.1) is 0 Å². The number of carbonyl (C=O) groups excluding carboxylic acids is 1. The Balaban J connectivity index is 1.55. The van der Waals surface area contributed by atoms with E-state index in [2.05, 4.69) is 16.3 Å². The molecule has 0 radical (unpaired) electrons. The van der Waals surface area contributed by atoms with E-state index in [0.29, 0.717) is 17.1 Å². The molecule has 1 N–H and O–H groups in total. The molecule has 2 aromatic rings. The van der Waals surface area contributed by atoms with Crippen LogP contribution in [-0.4, -0.2) is 51.3 Å². The molecule has 1 heterocycles. The van der Waals surface area contributed by atoms with Gasteiger partial charge in [0.15, 0.2) is 0 Å². The van der Waals surface area contributed by atoms with Crippen LogP contribution in [0.3, 0.4) is 0 Å². The number of methoxy groups -OCH3 is 3. The van der Waals surface area contributed by atoms with Crippen molar-refractivity contribution in [3.8, 4) is 17.2 Å². The number of rotatable bonds is 7. The summed E-state index contributed by atoms with van der Waals surface area (Å²) >= 11 is 0. The number of likely N-dealkylation sites (tertiary alicyclic amines) is 1. The number of nitrogens with zero attached hydrogens (tertiary/aromatic N) is 1. The van der Waals surface area contributed by atoms with Gasteiger partial charge in [0.05, 0.1) is 26.9 Å². The fraction of sp³-hybridized carbons (Fsp3) is 0.409. The lowest BCUT2D eigenvalue weighted by molar-refractivity contribution is 0.0905. The van der Waals surface area contributed by atoms with Crippen LogP contribution >= 0.6 is 0 Å². The van der Waals surface area contributed by atoms with E-state index in [1.54, 1.807) is 39.5 Å². The maximum absolute atomic E-state index is 12.7. The van der Waals surface area contributed by atoms with Crippen molar-refractivity contribution >= 4 is 5.91 Å². The van der Waals surface area contributed by atoms with E-state index in [-0.39, 0.29) is 11.9 Å². The Morgan fingerprint density at radius 3 is 2.39 bits per heavy atom. The Morgan fingerprint density at radius 2 is 1.71 bits per heavy atom. The number of hydrogen-bond acceptors (Lipinski definition) is 5. The number of benzene rings is 2. The Bertz CT molecular complexity index is 801. The third-order valence-electron chi connectivity index (χ3n) is 5.16. The van der Waals surface area contributed by atoms with Crippen molar-refractivity contribution in [3.05, 3.63) is 53.6 Å². The Labute approximate surface area is 166 Å². The molecule has 0 saturated carbocycles. The van der Waals surface area contributed by atoms with Crippen LogP contribution in [0.2, 0.25) is 0 Å². The quantitative estimate of drug-likeness (QED) is 0.795. The molecule has 150 valence electrons. The standard InChI is InChI=1S/C22H28N2O4/c1-26-18-8-9-19(21(14-18)28-3)22(25)23-17-10-12-24(13-11-17)15-16-6-4-5-7-20(16)27-2/h4-9,14,17H,10-13,15H2,1-3H3,(H,23,25). The van der Waals surface area contributed by atoms with Crippen molar-refractivity contribution in [1.82, 2.24) is 10.2 Å². The van der Waals surface area contributed by atoms with Crippen LogP contribution in [-0.2, 0) is 6.54 Å². The summed E-state index contributed by atoms with van der Waals surface area (Å²) in [5.41, 5.74) is 1.72. The molecule has 0 spiro atoms. The molecular formula is C22H28N2O4. The first-order valence-corrected chi connectivity index (χ1v) is 9.51. The predicted molar refractivity (Wildman–Crippen MR) is 108 cm³/mol. The number of hydrogen-bond donors (Lipinski definition) is 1. The zero-order chi connectivity index (χ0) is 19.9. The molecule has 0 aromatic heterocycles. The van der Waals surface area contributed by atoms with Crippen LogP contribution in [0.5, 0.6) is 17.2 Å². The van der Waals surface area contributed by atoms with Gasteiger partial charge in [0.2, 0.25) is 0 Å². The molecule has 1 amide bonds. The van der Waals surface area contributed by atoms with Crippen LogP contribution in [0.1, 0.15) is 28.8 Å². The van der Waals surface area contributed by atoms with E-state index >= 15 is 0 Å². The monoisotopic (exact) mass is 384 g/mol. The Hall–Kier alpha value is -2.73. The fourth-order valence-corrected chi connectivity index (χ4v) is 3.56. The SMILES string of the molecule is COc1ccc(C(=O)NC2CCN(Cc3ccccc3OC)CC2)c(OC)c1. The first-order chi connectivity index (χ1) is 13.6. The molecule has 2 aromatic carbocycles. The van der Waals surface area contributed by atoms with E-state index in [9.17, 15) is 4.79 Å². The third kappa shape index (κ3) is 4.75.